The highest BCUT2D eigenvalue weighted by molar-refractivity contribution is 5.96. The van der Waals surface area contributed by atoms with Gasteiger partial charge in [0.15, 0.2) is 0 Å². The number of hydrogen-bond donors (Lipinski definition) is 2. The van der Waals surface area contributed by atoms with Crippen molar-refractivity contribution in [3.05, 3.63) is 59.8 Å². The Morgan fingerprint density at radius 3 is 2.72 bits per heavy atom. The Hall–Kier alpha value is -2.79. The van der Waals surface area contributed by atoms with Crippen molar-refractivity contribution in [3.63, 3.8) is 0 Å². The lowest BCUT2D eigenvalue weighted by Crippen LogP contribution is -2.45. The third kappa shape index (κ3) is 4.01. The number of piperidine rings is 1. The van der Waals surface area contributed by atoms with Crippen LogP contribution >= 0.6 is 0 Å². The van der Waals surface area contributed by atoms with E-state index in [1.165, 1.54) is 16.5 Å². The van der Waals surface area contributed by atoms with Gasteiger partial charge in [-0.25, -0.2) is 0 Å². The molecular weight excluding hydrogens is 362 g/mol. The highest BCUT2D eigenvalue weighted by Crippen LogP contribution is 2.34. The average molecular weight is 392 g/mol. The number of rotatable bonds is 5. The molecule has 1 aliphatic rings. The van der Waals surface area contributed by atoms with Crippen LogP contribution in [0.4, 0.5) is 5.69 Å². The number of para-hydroxylation sites is 1. The van der Waals surface area contributed by atoms with Gasteiger partial charge in [-0.3, -0.25) is 9.69 Å². The summed E-state index contributed by atoms with van der Waals surface area (Å²) in [6, 6.07) is 14.1. The molecule has 2 N–H and O–H groups in total. The van der Waals surface area contributed by atoms with E-state index in [9.17, 15) is 4.79 Å². The van der Waals surface area contributed by atoms with Gasteiger partial charge in [0.2, 0.25) is 5.91 Å². The Morgan fingerprint density at radius 1 is 1.21 bits per heavy atom. The SMILES string of the molecule is COc1ccc(C)cc1NC(=O)[C@H](C)N1CCC(c2c[nH]c3ccccc23)CC1. The van der Waals surface area contributed by atoms with Gasteiger partial charge in [-0.15, -0.1) is 0 Å². The van der Waals surface area contributed by atoms with Crippen molar-refractivity contribution in [2.45, 2.75) is 38.6 Å². The maximum atomic E-state index is 12.9. The molecule has 152 valence electrons. The van der Waals surface area contributed by atoms with E-state index in [0.29, 0.717) is 11.7 Å². The van der Waals surface area contributed by atoms with E-state index in [1.807, 2.05) is 32.0 Å². The van der Waals surface area contributed by atoms with Crippen molar-refractivity contribution in [3.8, 4) is 5.75 Å². The number of benzene rings is 2. The molecule has 1 aromatic heterocycles. The molecule has 1 aliphatic heterocycles. The molecule has 2 aromatic carbocycles. The number of methoxy groups -OCH3 is 1. The lowest BCUT2D eigenvalue weighted by atomic mass is 9.88. The Morgan fingerprint density at radius 2 is 1.97 bits per heavy atom. The second-order valence-electron chi connectivity index (χ2n) is 7.97. The van der Waals surface area contributed by atoms with Crippen LogP contribution < -0.4 is 10.1 Å². The second kappa shape index (κ2) is 8.29. The van der Waals surface area contributed by atoms with Gasteiger partial charge >= 0.3 is 0 Å². The summed E-state index contributed by atoms with van der Waals surface area (Å²) >= 11 is 0. The first-order valence-corrected chi connectivity index (χ1v) is 10.3. The summed E-state index contributed by atoms with van der Waals surface area (Å²) in [5.41, 5.74) is 4.43. The van der Waals surface area contributed by atoms with Gasteiger partial charge < -0.3 is 15.0 Å². The molecule has 5 heteroatoms. The molecule has 5 nitrogen and oxygen atoms in total. The number of H-pyrrole nitrogens is 1. The quantitative estimate of drug-likeness (QED) is 0.663. The van der Waals surface area contributed by atoms with E-state index in [-0.39, 0.29) is 11.9 Å². The normalized spacial score (nSPS) is 16.7. The van der Waals surface area contributed by atoms with Gasteiger partial charge in [0, 0.05) is 17.1 Å². The van der Waals surface area contributed by atoms with Gasteiger partial charge in [-0.05, 0) is 75.0 Å². The number of nitrogens with zero attached hydrogens (tertiary/aromatic N) is 1. The Kier molecular flexibility index (Phi) is 5.58. The zero-order valence-electron chi connectivity index (χ0n) is 17.4. The molecule has 4 rings (SSSR count). The van der Waals surface area contributed by atoms with Crippen molar-refractivity contribution in [2.24, 2.45) is 0 Å². The molecule has 1 atom stereocenters. The molecule has 0 bridgehead atoms. The molecule has 0 radical (unpaired) electrons. The standard InChI is InChI=1S/C24H29N3O2/c1-16-8-9-23(29-3)22(14-16)26-24(28)17(2)27-12-10-18(11-13-27)20-15-25-21-7-5-4-6-19(20)21/h4-9,14-15,17-18,25H,10-13H2,1-3H3,(H,26,28)/t17-/m0/s1. The predicted octanol–water partition coefficient (Wildman–Crippen LogP) is 4.69. The first-order chi connectivity index (χ1) is 14.1. The van der Waals surface area contributed by atoms with Crippen LogP contribution in [0.2, 0.25) is 0 Å². The maximum absolute atomic E-state index is 12.9. The molecule has 0 unspecified atom stereocenters. The van der Waals surface area contributed by atoms with Crippen LogP contribution in [-0.2, 0) is 4.79 Å². The molecule has 0 spiro atoms. The van der Waals surface area contributed by atoms with Crippen LogP contribution in [0.1, 0.15) is 36.8 Å². The van der Waals surface area contributed by atoms with Crippen LogP contribution in [0.25, 0.3) is 10.9 Å². The molecule has 1 amide bonds. The van der Waals surface area contributed by atoms with Crippen molar-refractivity contribution in [2.75, 3.05) is 25.5 Å². The minimum absolute atomic E-state index is 0.0134. The third-order valence-electron chi connectivity index (χ3n) is 6.13. The summed E-state index contributed by atoms with van der Waals surface area (Å²) in [7, 11) is 1.62. The molecule has 3 aromatic rings. The zero-order valence-corrected chi connectivity index (χ0v) is 17.4. The van der Waals surface area contributed by atoms with E-state index in [1.54, 1.807) is 7.11 Å². The topological polar surface area (TPSA) is 57.4 Å². The van der Waals surface area contributed by atoms with Crippen molar-refractivity contribution < 1.29 is 9.53 Å². The Labute approximate surface area is 172 Å². The predicted molar refractivity (Wildman–Crippen MR) is 118 cm³/mol. The minimum Gasteiger partial charge on any atom is -0.495 e. The first kappa shape index (κ1) is 19.5. The number of fused-ring (bicyclic) bond motifs is 1. The molecular formula is C24H29N3O2. The molecule has 29 heavy (non-hydrogen) atoms. The Balaban J connectivity index is 1.39. The number of amides is 1. The van der Waals surface area contributed by atoms with Crippen LogP contribution in [0.5, 0.6) is 5.75 Å². The summed E-state index contributed by atoms with van der Waals surface area (Å²) in [5.74, 6) is 1.24. The number of carbonyl (C=O) groups excluding carboxylic acids is 1. The highest BCUT2D eigenvalue weighted by Gasteiger charge is 2.28. The van der Waals surface area contributed by atoms with Gasteiger partial charge in [0.25, 0.3) is 0 Å². The smallest absolute Gasteiger partial charge is 0.241 e. The van der Waals surface area contributed by atoms with Gasteiger partial charge in [-0.2, -0.15) is 0 Å². The number of aromatic nitrogens is 1. The van der Waals surface area contributed by atoms with E-state index in [2.05, 4.69) is 45.7 Å². The number of anilines is 1. The number of aromatic amines is 1. The van der Waals surface area contributed by atoms with E-state index < -0.39 is 0 Å². The van der Waals surface area contributed by atoms with E-state index >= 15 is 0 Å². The largest absolute Gasteiger partial charge is 0.495 e. The van der Waals surface area contributed by atoms with Crippen LogP contribution in [0, 0.1) is 6.92 Å². The third-order valence-corrected chi connectivity index (χ3v) is 6.13. The molecule has 0 aliphatic carbocycles. The number of aryl methyl sites for hydroxylation is 1. The first-order valence-electron chi connectivity index (χ1n) is 10.3. The van der Waals surface area contributed by atoms with Crippen molar-refractivity contribution in [1.29, 1.82) is 0 Å². The number of carbonyl (C=O) groups is 1. The number of ether oxygens (including phenoxy) is 1. The van der Waals surface area contributed by atoms with Crippen LogP contribution in [-0.4, -0.2) is 42.0 Å². The summed E-state index contributed by atoms with van der Waals surface area (Å²) in [5, 5.41) is 4.37. The van der Waals surface area contributed by atoms with Crippen LogP contribution in [0.3, 0.4) is 0 Å². The lowest BCUT2D eigenvalue weighted by Gasteiger charge is -2.35. The summed E-state index contributed by atoms with van der Waals surface area (Å²) in [6.45, 7) is 5.84. The maximum Gasteiger partial charge on any atom is 0.241 e. The summed E-state index contributed by atoms with van der Waals surface area (Å²) < 4.78 is 5.39. The monoisotopic (exact) mass is 391 g/mol. The van der Waals surface area contributed by atoms with Crippen molar-refractivity contribution in [1.82, 2.24) is 9.88 Å². The number of nitrogens with one attached hydrogen (secondary N) is 2. The number of hydrogen-bond acceptors (Lipinski definition) is 3. The van der Waals surface area contributed by atoms with E-state index in [4.69, 9.17) is 4.74 Å². The summed E-state index contributed by atoms with van der Waals surface area (Å²) in [6.07, 6.45) is 4.28. The molecule has 0 saturated carbocycles. The van der Waals surface area contributed by atoms with Gasteiger partial charge in [-0.1, -0.05) is 24.3 Å². The number of likely N-dealkylation sites (tertiary alicyclic amines) is 1. The molecule has 1 fully saturated rings. The Bertz CT molecular complexity index is 1000. The van der Waals surface area contributed by atoms with Gasteiger partial charge in [0.1, 0.15) is 5.75 Å². The summed E-state index contributed by atoms with van der Waals surface area (Å²) in [4.78, 5) is 18.5. The fourth-order valence-electron chi connectivity index (χ4n) is 4.35. The fourth-order valence-corrected chi connectivity index (χ4v) is 4.35. The average Bonchev–Trinajstić information content (AvgIpc) is 3.17. The van der Waals surface area contributed by atoms with Crippen molar-refractivity contribution >= 4 is 22.5 Å². The fraction of sp³-hybridized carbons (Fsp3) is 0.375. The molecule has 1 saturated heterocycles. The van der Waals surface area contributed by atoms with E-state index in [0.717, 1.165) is 37.2 Å². The molecule has 2 heterocycles. The highest BCUT2D eigenvalue weighted by atomic mass is 16.5. The van der Waals surface area contributed by atoms with Gasteiger partial charge in [0.05, 0.1) is 18.8 Å². The zero-order chi connectivity index (χ0) is 20.4. The second-order valence-corrected chi connectivity index (χ2v) is 7.97. The minimum atomic E-state index is -0.177. The lowest BCUT2D eigenvalue weighted by molar-refractivity contribution is -0.121. The van der Waals surface area contributed by atoms with Crippen LogP contribution in [0.15, 0.2) is 48.7 Å².